The lowest BCUT2D eigenvalue weighted by atomic mass is 9.96. The summed E-state index contributed by atoms with van der Waals surface area (Å²) in [5.41, 5.74) is 2.89. The van der Waals surface area contributed by atoms with E-state index in [1.165, 1.54) is 11.1 Å². The van der Waals surface area contributed by atoms with Crippen LogP contribution in [-0.2, 0) is 9.59 Å². The molecule has 4 heteroatoms. The molecule has 0 saturated heterocycles. The van der Waals surface area contributed by atoms with Gasteiger partial charge in [-0.2, -0.15) is 0 Å². The Labute approximate surface area is 108 Å². The second kappa shape index (κ2) is 11.5. The maximum atomic E-state index is 8.24. The van der Waals surface area contributed by atoms with Gasteiger partial charge < -0.3 is 10.8 Å². The average molecular weight is 246 g/mol. The van der Waals surface area contributed by atoms with Gasteiger partial charge in [0.25, 0.3) is 0 Å². The Kier molecular flexibility index (Phi) is 11.7. The number of rotatable bonds is 2. The number of benzene rings is 1. The molecule has 1 rings (SSSR count). The summed E-state index contributed by atoms with van der Waals surface area (Å²) in [6.45, 7) is 8.94. The van der Waals surface area contributed by atoms with Crippen molar-refractivity contribution in [3.8, 4) is 0 Å². The van der Waals surface area contributed by atoms with Crippen LogP contribution in [-0.4, -0.2) is 12.2 Å². The van der Waals surface area contributed by atoms with E-state index in [2.05, 4.69) is 52.0 Å². The van der Waals surface area contributed by atoms with Gasteiger partial charge in [0.05, 0.1) is 0 Å². The van der Waals surface area contributed by atoms with Crippen molar-refractivity contribution in [2.45, 2.75) is 39.5 Å². The summed E-state index contributed by atoms with van der Waals surface area (Å²) >= 11 is 0. The zero-order valence-corrected chi connectivity index (χ0v) is 11.2. The predicted octanol–water partition coefficient (Wildman–Crippen LogP) is 3.72. The van der Waals surface area contributed by atoms with Crippen molar-refractivity contribution in [3.63, 3.8) is 0 Å². The molecule has 0 spiro atoms. The lowest BCUT2D eigenvalue weighted by Crippen LogP contribution is -1.91. The van der Waals surface area contributed by atoms with E-state index in [1.807, 2.05) is 0 Å². The summed E-state index contributed by atoms with van der Waals surface area (Å²) in [5, 5.41) is 13.5. The van der Waals surface area contributed by atoms with E-state index in [0.29, 0.717) is 24.0 Å². The molecular weight excluding hydrogens is 228 g/mol. The smallest absolute Gasteiger partial charge is 0.0159 e. The maximum Gasteiger partial charge on any atom is -0.0159 e. The summed E-state index contributed by atoms with van der Waals surface area (Å²) in [5.74, 6) is 1.28. The van der Waals surface area contributed by atoms with Crippen LogP contribution in [0.3, 0.4) is 0 Å². The summed E-state index contributed by atoms with van der Waals surface area (Å²) in [4.78, 5) is 16.5. The van der Waals surface area contributed by atoms with Crippen LogP contribution in [0.4, 0.5) is 0 Å². The number of hydrogen-bond acceptors (Lipinski definition) is 2. The van der Waals surface area contributed by atoms with Gasteiger partial charge in [0, 0.05) is 0 Å². The number of carbonyl (C=O) groups excluding carboxylic acids is 2. The Morgan fingerprint density at radius 2 is 1.17 bits per heavy atom. The molecule has 1 aromatic carbocycles. The quantitative estimate of drug-likeness (QED) is 0.588. The minimum atomic E-state index is 0.500. The second-order valence-electron chi connectivity index (χ2n) is 4.16. The second-order valence-corrected chi connectivity index (χ2v) is 4.16. The number of nitrogens with zero attached hydrogens (tertiary/aromatic N) is 2. The molecule has 0 bridgehead atoms. The first-order valence-corrected chi connectivity index (χ1v) is 5.56. The van der Waals surface area contributed by atoms with Gasteiger partial charge in [0.1, 0.15) is 0 Å². The molecule has 0 aliphatic rings. The first-order chi connectivity index (χ1) is 8.44. The summed E-state index contributed by atoms with van der Waals surface area (Å²) < 4.78 is 0. The Hall–Kier alpha value is -2.02. The van der Waals surface area contributed by atoms with E-state index in [1.54, 1.807) is 0 Å². The van der Waals surface area contributed by atoms with Gasteiger partial charge in [-0.15, -0.1) is 0 Å². The Bertz CT molecular complexity index is 365. The lowest BCUT2D eigenvalue weighted by Gasteiger charge is -2.09. The molecule has 0 atom stereocenters. The van der Waals surface area contributed by atoms with Crippen molar-refractivity contribution in [1.82, 2.24) is 0 Å². The van der Waals surface area contributed by atoms with Crippen LogP contribution in [0, 0.1) is 0 Å². The number of hydrogen-bond donors (Lipinski definition) is 0. The van der Waals surface area contributed by atoms with Crippen molar-refractivity contribution < 1.29 is 9.59 Å². The molecule has 98 valence electrons. The van der Waals surface area contributed by atoms with Crippen LogP contribution in [0.5, 0.6) is 0 Å². The van der Waals surface area contributed by atoms with Crippen LogP contribution in [0.2, 0.25) is 0 Å². The van der Waals surface area contributed by atoms with E-state index >= 15 is 0 Å². The molecule has 0 aliphatic heterocycles. The predicted molar refractivity (Wildman–Crippen MR) is 72.7 cm³/mol. The summed E-state index contributed by atoms with van der Waals surface area (Å²) in [7, 11) is 0. The van der Waals surface area contributed by atoms with Crippen LogP contribution >= 0.6 is 0 Å². The van der Waals surface area contributed by atoms with Gasteiger partial charge in [0.15, 0.2) is 0 Å². The highest BCUT2D eigenvalue weighted by molar-refractivity contribution is 5.37. The molecule has 18 heavy (non-hydrogen) atoms. The van der Waals surface area contributed by atoms with Gasteiger partial charge in [-0.1, -0.05) is 52.0 Å². The molecule has 0 aromatic heterocycles. The third-order valence-electron chi connectivity index (χ3n) is 2.24. The monoisotopic (exact) mass is 246 g/mol. The van der Waals surface area contributed by atoms with Crippen molar-refractivity contribution in [2.75, 3.05) is 0 Å². The van der Waals surface area contributed by atoms with Gasteiger partial charge in [0.2, 0.25) is 0 Å². The zero-order valence-electron chi connectivity index (χ0n) is 11.2. The third-order valence-corrected chi connectivity index (χ3v) is 2.24. The van der Waals surface area contributed by atoms with Crippen molar-refractivity contribution in [2.24, 2.45) is 0 Å². The van der Waals surface area contributed by atoms with Gasteiger partial charge >= 0.3 is 0 Å². The molecule has 0 saturated carbocycles. The van der Waals surface area contributed by atoms with E-state index in [4.69, 9.17) is 20.4 Å². The van der Waals surface area contributed by atoms with Crippen LogP contribution < -0.4 is 0 Å². The molecule has 1 aromatic rings. The Balaban J connectivity index is 0. The minimum absolute atomic E-state index is 0.500. The highest BCUT2D eigenvalue weighted by Crippen LogP contribution is 2.20. The van der Waals surface area contributed by atoms with Gasteiger partial charge in [-0.05, 0) is 35.1 Å². The molecule has 0 heterocycles. The fraction of sp³-hybridized carbons (Fsp3) is 0.429. The van der Waals surface area contributed by atoms with E-state index < -0.39 is 0 Å². The first kappa shape index (κ1) is 18.3. The molecule has 0 amide bonds. The molecule has 0 aliphatic carbocycles. The van der Waals surface area contributed by atoms with Crippen LogP contribution in [0.15, 0.2) is 24.3 Å². The highest BCUT2D eigenvalue weighted by Gasteiger charge is 2.02. The molecular formula is C14H18N2O2-2. The lowest BCUT2D eigenvalue weighted by molar-refractivity contribution is 0.568. The fourth-order valence-corrected chi connectivity index (χ4v) is 1.28. The summed E-state index contributed by atoms with van der Waals surface area (Å²) in [6, 6.07) is 8.88. The molecule has 4 nitrogen and oxygen atoms in total. The topological polar surface area (TPSA) is 78.7 Å². The SMILES string of the molecule is CC(C)c1cccc(C(C)C)c1.[N-]=C=O.[N-]=C=O. The fourth-order valence-electron chi connectivity index (χ4n) is 1.28. The maximum absolute atomic E-state index is 8.24. The zero-order chi connectivity index (χ0) is 14.6. The number of isocyanates is 2. The third kappa shape index (κ3) is 9.22. The minimum Gasteiger partial charge on any atom is -0.724 e. The van der Waals surface area contributed by atoms with Crippen molar-refractivity contribution in [3.05, 3.63) is 46.2 Å². The molecule has 0 fully saturated rings. The van der Waals surface area contributed by atoms with E-state index in [9.17, 15) is 0 Å². The van der Waals surface area contributed by atoms with Crippen LogP contribution in [0.1, 0.15) is 50.7 Å². The average Bonchev–Trinajstić information content (AvgIpc) is 2.31. The van der Waals surface area contributed by atoms with Gasteiger partial charge in [-0.25, -0.2) is 0 Å². The van der Waals surface area contributed by atoms with E-state index in [0.717, 1.165) is 0 Å². The molecule has 0 N–H and O–H groups in total. The molecule has 0 unspecified atom stereocenters. The Morgan fingerprint density at radius 1 is 0.889 bits per heavy atom. The normalized spacial score (nSPS) is 8.33. The Morgan fingerprint density at radius 3 is 1.39 bits per heavy atom. The van der Waals surface area contributed by atoms with E-state index in [-0.39, 0.29) is 0 Å². The standard InChI is InChI=1S/C12H18.2CNO/c1-9(2)11-6-5-7-12(8-11)10(3)4;2*2-1-3/h5-10H,1-4H3;;/q;2*-1. The molecule has 0 radical (unpaired) electrons. The largest absolute Gasteiger partial charge is 0.724 e. The van der Waals surface area contributed by atoms with Crippen molar-refractivity contribution in [1.29, 1.82) is 0 Å². The highest BCUT2D eigenvalue weighted by atomic mass is 16.1. The van der Waals surface area contributed by atoms with Gasteiger partial charge in [-0.3, -0.25) is 9.59 Å². The first-order valence-electron chi connectivity index (χ1n) is 5.56. The van der Waals surface area contributed by atoms with Crippen LogP contribution in [0.25, 0.3) is 10.8 Å². The van der Waals surface area contributed by atoms with Crippen molar-refractivity contribution >= 4 is 12.2 Å². The summed E-state index contributed by atoms with van der Waals surface area (Å²) in [6.07, 6.45) is 1.00.